The van der Waals surface area contributed by atoms with Gasteiger partial charge in [-0.25, -0.2) is 0 Å². The van der Waals surface area contributed by atoms with Gasteiger partial charge in [0.1, 0.15) is 6.42 Å². The molecule has 0 aliphatic heterocycles. The molecule has 0 saturated heterocycles. The van der Waals surface area contributed by atoms with Gasteiger partial charge in [-0.2, -0.15) is 0 Å². The molecule has 0 bridgehead atoms. The molecule has 1 rings (SSSR count). The van der Waals surface area contributed by atoms with Crippen LogP contribution in [0.4, 0.5) is 0 Å². The van der Waals surface area contributed by atoms with Gasteiger partial charge in [0.2, 0.25) is 0 Å². The van der Waals surface area contributed by atoms with Crippen LogP contribution in [0.2, 0.25) is 5.15 Å². The van der Waals surface area contributed by atoms with Crippen molar-refractivity contribution < 1.29 is 19.1 Å². The Hall–Kier alpha value is -1.69. The minimum atomic E-state index is -0.615. The highest BCUT2D eigenvalue weighted by atomic mass is 35.5. The molecule has 0 saturated carbocycles. The third-order valence-corrected chi connectivity index (χ3v) is 2.01. The number of carbonyl (C=O) groups is 2. The van der Waals surface area contributed by atoms with E-state index < -0.39 is 18.2 Å². The molecule has 0 N–H and O–H groups in total. The van der Waals surface area contributed by atoms with E-state index in [0.29, 0.717) is 0 Å². The Morgan fingerprint density at radius 3 is 2.71 bits per heavy atom. The summed E-state index contributed by atoms with van der Waals surface area (Å²) in [6.07, 6.45) is -0.402. The molecule has 0 aliphatic carbocycles. The van der Waals surface area contributed by atoms with E-state index >= 15 is 0 Å². The van der Waals surface area contributed by atoms with Crippen molar-refractivity contribution in [1.82, 2.24) is 10.2 Å². The Kier molecular flexibility index (Phi) is 4.84. The van der Waals surface area contributed by atoms with Gasteiger partial charge < -0.3 is 9.47 Å². The predicted molar refractivity (Wildman–Crippen MR) is 59.2 cm³/mol. The molecular weight excluding hydrogens is 248 g/mol. The van der Waals surface area contributed by atoms with Crippen LogP contribution in [0.15, 0.2) is 6.07 Å². The lowest BCUT2D eigenvalue weighted by atomic mass is 10.2. The van der Waals surface area contributed by atoms with Gasteiger partial charge in [0.15, 0.2) is 22.4 Å². The van der Waals surface area contributed by atoms with Gasteiger partial charge in [-0.05, 0) is 6.92 Å². The van der Waals surface area contributed by atoms with Crippen molar-refractivity contribution in [2.24, 2.45) is 0 Å². The first-order valence-corrected chi connectivity index (χ1v) is 5.22. The largest absolute Gasteiger partial charge is 0.494 e. The van der Waals surface area contributed by atoms with Crippen molar-refractivity contribution in [3.8, 4) is 5.75 Å². The molecule has 0 unspecified atom stereocenters. The lowest BCUT2D eigenvalue weighted by Crippen LogP contribution is -2.14. The highest BCUT2D eigenvalue weighted by Gasteiger charge is 2.19. The Bertz CT molecular complexity index is 436. The number of carbonyl (C=O) groups excluding carboxylic acids is 2. The SMILES string of the molecule is CCOC(=O)CC(=O)c1nnc(Cl)cc1OC. The number of nitrogens with zero attached hydrogens (tertiary/aromatic N) is 2. The number of aromatic nitrogens is 2. The molecule has 0 atom stereocenters. The number of rotatable bonds is 5. The third kappa shape index (κ3) is 3.67. The highest BCUT2D eigenvalue weighted by molar-refractivity contribution is 6.29. The second-order valence-corrected chi connectivity index (χ2v) is 3.38. The molecule has 1 aromatic rings. The molecule has 0 spiro atoms. The molecular formula is C10H11ClN2O4. The van der Waals surface area contributed by atoms with Crippen molar-refractivity contribution in [1.29, 1.82) is 0 Å². The average molecular weight is 259 g/mol. The summed E-state index contributed by atoms with van der Waals surface area (Å²) in [5.74, 6) is -0.958. The first kappa shape index (κ1) is 13.4. The van der Waals surface area contributed by atoms with Gasteiger partial charge in [0, 0.05) is 6.07 Å². The van der Waals surface area contributed by atoms with Gasteiger partial charge >= 0.3 is 5.97 Å². The maximum Gasteiger partial charge on any atom is 0.313 e. The molecule has 6 nitrogen and oxygen atoms in total. The molecule has 0 aromatic carbocycles. The fourth-order valence-electron chi connectivity index (χ4n) is 1.13. The number of hydrogen-bond donors (Lipinski definition) is 0. The number of ketones is 1. The van der Waals surface area contributed by atoms with Crippen molar-refractivity contribution in [2.45, 2.75) is 13.3 Å². The number of Topliss-reactive ketones (excluding diaryl/α,β-unsaturated/α-hetero) is 1. The first-order valence-electron chi connectivity index (χ1n) is 4.84. The normalized spacial score (nSPS) is 9.82. The Morgan fingerprint density at radius 1 is 1.41 bits per heavy atom. The van der Waals surface area contributed by atoms with Gasteiger partial charge in [0.25, 0.3) is 0 Å². The zero-order chi connectivity index (χ0) is 12.8. The van der Waals surface area contributed by atoms with E-state index in [1.54, 1.807) is 6.92 Å². The van der Waals surface area contributed by atoms with E-state index in [2.05, 4.69) is 14.9 Å². The summed E-state index contributed by atoms with van der Waals surface area (Å²) in [4.78, 5) is 22.8. The summed E-state index contributed by atoms with van der Waals surface area (Å²) in [7, 11) is 1.37. The lowest BCUT2D eigenvalue weighted by Gasteiger charge is -2.05. The van der Waals surface area contributed by atoms with E-state index in [4.69, 9.17) is 16.3 Å². The van der Waals surface area contributed by atoms with Crippen molar-refractivity contribution in [2.75, 3.05) is 13.7 Å². The highest BCUT2D eigenvalue weighted by Crippen LogP contribution is 2.19. The lowest BCUT2D eigenvalue weighted by molar-refractivity contribution is -0.141. The quantitative estimate of drug-likeness (QED) is 0.450. The van der Waals surface area contributed by atoms with Crippen LogP contribution in [0, 0.1) is 0 Å². The fourth-order valence-corrected chi connectivity index (χ4v) is 1.26. The zero-order valence-electron chi connectivity index (χ0n) is 9.40. The molecule has 17 heavy (non-hydrogen) atoms. The summed E-state index contributed by atoms with van der Waals surface area (Å²) < 4.78 is 9.59. The molecule has 0 aliphatic rings. The standard InChI is InChI=1S/C10H11ClN2O4/c1-3-17-9(15)4-6(14)10-7(16-2)5-8(11)12-13-10/h5H,3-4H2,1-2H3. The minimum absolute atomic E-state index is 0.0371. The predicted octanol–water partition coefficient (Wildman–Crippen LogP) is 1.27. The minimum Gasteiger partial charge on any atom is -0.494 e. The van der Waals surface area contributed by atoms with Gasteiger partial charge in [-0.15, -0.1) is 10.2 Å². The van der Waals surface area contributed by atoms with Crippen molar-refractivity contribution in [3.63, 3.8) is 0 Å². The van der Waals surface area contributed by atoms with Crippen LogP contribution < -0.4 is 4.74 Å². The van der Waals surface area contributed by atoms with Crippen molar-refractivity contribution >= 4 is 23.4 Å². The molecule has 7 heteroatoms. The molecule has 92 valence electrons. The summed E-state index contributed by atoms with van der Waals surface area (Å²) in [5, 5.41) is 7.23. The van der Waals surface area contributed by atoms with Gasteiger partial charge in [0.05, 0.1) is 13.7 Å². The first-order chi connectivity index (χ1) is 8.08. The number of esters is 1. The van der Waals surface area contributed by atoms with Crippen LogP contribution >= 0.6 is 11.6 Å². The van der Waals surface area contributed by atoms with E-state index in [0.717, 1.165) is 0 Å². The van der Waals surface area contributed by atoms with Crippen LogP contribution in [0.25, 0.3) is 0 Å². The maximum absolute atomic E-state index is 11.7. The fraction of sp³-hybridized carbons (Fsp3) is 0.400. The number of halogens is 1. The average Bonchev–Trinajstić information content (AvgIpc) is 2.28. The summed E-state index contributed by atoms with van der Waals surface area (Å²) in [5.41, 5.74) is -0.0371. The second kappa shape index (κ2) is 6.15. The Labute approximate surface area is 103 Å². The van der Waals surface area contributed by atoms with Crippen LogP contribution in [-0.2, 0) is 9.53 Å². The van der Waals surface area contributed by atoms with E-state index in [1.807, 2.05) is 0 Å². The van der Waals surface area contributed by atoms with Gasteiger partial charge in [-0.1, -0.05) is 11.6 Å². The molecule has 1 aromatic heterocycles. The Balaban J connectivity index is 2.85. The summed E-state index contributed by atoms with van der Waals surface area (Å²) in [6, 6.07) is 1.35. The smallest absolute Gasteiger partial charge is 0.313 e. The molecule has 0 fully saturated rings. The third-order valence-electron chi connectivity index (χ3n) is 1.82. The molecule has 0 amide bonds. The maximum atomic E-state index is 11.7. The number of ether oxygens (including phenoxy) is 2. The monoisotopic (exact) mass is 258 g/mol. The summed E-state index contributed by atoms with van der Waals surface area (Å²) in [6.45, 7) is 1.88. The second-order valence-electron chi connectivity index (χ2n) is 2.99. The summed E-state index contributed by atoms with van der Waals surface area (Å²) >= 11 is 5.60. The van der Waals surface area contributed by atoms with E-state index in [-0.39, 0.29) is 23.2 Å². The topological polar surface area (TPSA) is 78.4 Å². The van der Waals surface area contributed by atoms with Crippen LogP contribution in [0.1, 0.15) is 23.8 Å². The molecule has 1 heterocycles. The van der Waals surface area contributed by atoms with E-state index in [1.165, 1.54) is 13.2 Å². The Morgan fingerprint density at radius 2 is 2.12 bits per heavy atom. The zero-order valence-corrected chi connectivity index (χ0v) is 10.2. The van der Waals surface area contributed by atoms with Crippen LogP contribution in [-0.4, -0.2) is 35.7 Å². The van der Waals surface area contributed by atoms with Crippen LogP contribution in [0.3, 0.4) is 0 Å². The number of methoxy groups -OCH3 is 1. The van der Waals surface area contributed by atoms with Crippen molar-refractivity contribution in [3.05, 3.63) is 16.9 Å². The molecule has 0 radical (unpaired) electrons. The van der Waals surface area contributed by atoms with Gasteiger partial charge in [-0.3, -0.25) is 9.59 Å². The van der Waals surface area contributed by atoms with Crippen LogP contribution in [0.5, 0.6) is 5.75 Å². The number of hydrogen-bond acceptors (Lipinski definition) is 6. The van der Waals surface area contributed by atoms with E-state index in [9.17, 15) is 9.59 Å².